The van der Waals surface area contributed by atoms with E-state index in [0.717, 1.165) is 10.7 Å². The minimum Gasteiger partial charge on any atom is -0.267 e. The first-order chi connectivity index (χ1) is 14.5. The lowest BCUT2D eigenvalue weighted by Gasteiger charge is -2.12. The summed E-state index contributed by atoms with van der Waals surface area (Å²) in [6, 6.07) is 20.3. The van der Waals surface area contributed by atoms with E-state index in [1.54, 1.807) is 54.6 Å². The summed E-state index contributed by atoms with van der Waals surface area (Å²) in [5.41, 5.74) is 4.61. The van der Waals surface area contributed by atoms with Crippen molar-refractivity contribution in [2.24, 2.45) is 0 Å². The van der Waals surface area contributed by atoms with Crippen LogP contribution in [0, 0.1) is 5.82 Å². The van der Waals surface area contributed by atoms with Gasteiger partial charge in [0.25, 0.3) is 17.4 Å². The number of hydrazine groups is 1. The van der Waals surface area contributed by atoms with Crippen molar-refractivity contribution in [3.05, 3.63) is 106 Å². The molecule has 0 unspecified atom stereocenters. The minimum atomic E-state index is -0.722. The summed E-state index contributed by atoms with van der Waals surface area (Å²) in [5.74, 6) is -1.99. The average Bonchev–Trinajstić information content (AvgIpc) is 2.78. The van der Waals surface area contributed by atoms with Crippen molar-refractivity contribution < 1.29 is 14.0 Å². The summed E-state index contributed by atoms with van der Waals surface area (Å²) in [6.45, 7) is 0. The van der Waals surface area contributed by atoms with E-state index >= 15 is 0 Å². The van der Waals surface area contributed by atoms with Crippen molar-refractivity contribution in [3.63, 3.8) is 0 Å². The third-order valence-electron chi connectivity index (χ3n) is 4.40. The van der Waals surface area contributed by atoms with E-state index in [1.807, 2.05) is 0 Å². The first-order valence-corrected chi connectivity index (χ1v) is 8.98. The second-order valence-corrected chi connectivity index (χ2v) is 6.37. The van der Waals surface area contributed by atoms with Gasteiger partial charge < -0.3 is 0 Å². The molecule has 0 aliphatic rings. The molecule has 2 amide bonds. The highest BCUT2D eigenvalue weighted by Crippen LogP contribution is 2.15. The van der Waals surface area contributed by atoms with Gasteiger partial charge in [0, 0.05) is 10.9 Å². The zero-order chi connectivity index (χ0) is 21.1. The molecule has 4 rings (SSSR count). The standard InChI is InChI=1S/C22H15FN4O3/c23-15-8-6-7-14(13-15)20(28)24-25-21(29)19-17-11-4-5-12-18(17)22(30)27(26-19)16-9-2-1-3-10-16/h1-13H,(H,24,28)(H,25,29). The number of fused-ring (bicyclic) bond motifs is 1. The number of rotatable bonds is 3. The molecule has 0 aliphatic heterocycles. The SMILES string of the molecule is O=C(NNC(=O)c1nn(-c2ccccc2)c(=O)c2ccccc12)c1cccc(F)c1. The van der Waals surface area contributed by atoms with E-state index in [4.69, 9.17) is 0 Å². The van der Waals surface area contributed by atoms with E-state index in [0.29, 0.717) is 16.5 Å². The van der Waals surface area contributed by atoms with Gasteiger partial charge in [-0.3, -0.25) is 25.2 Å². The van der Waals surface area contributed by atoms with Gasteiger partial charge in [-0.2, -0.15) is 9.78 Å². The van der Waals surface area contributed by atoms with Crippen LogP contribution in [-0.2, 0) is 0 Å². The van der Waals surface area contributed by atoms with Crippen molar-refractivity contribution in [1.29, 1.82) is 0 Å². The Hall–Kier alpha value is -4.33. The number of amides is 2. The molecular formula is C22H15FN4O3. The molecule has 3 aromatic carbocycles. The molecule has 30 heavy (non-hydrogen) atoms. The van der Waals surface area contributed by atoms with Gasteiger partial charge in [-0.15, -0.1) is 0 Å². The number of carbonyl (C=O) groups excluding carboxylic acids is 2. The van der Waals surface area contributed by atoms with Crippen molar-refractivity contribution in [1.82, 2.24) is 20.6 Å². The van der Waals surface area contributed by atoms with Gasteiger partial charge in [0.1, 0.15) is 5.82 Å². The quantitative estimate of drug-likeness (QED) is 0.515. The van der Waals surface area contributed by atoms with Crippen LogP contribution in [0.25, 0.3) is 16.5 Å². The summed E-state index contributed by atoms with van der Waals surface area (Å²) >= 11 is 0. The highest BCUT2D eigenvalue weighted by molar-refractivity contribution is 6.06. The predicted octanol–water partition coefficient (Wildman–Crippen LogP) is 2.60. The Morgan fingerprint density at radius 1 is 0.800 bits per heavy atom. The van der Waals surface area contributed by atoms with Crippen LogP contribution in [0.2, 0.25) is 0 Å². The number of hydrogen-bond acceptors (Lipinski definition) is 4. The molecule has 0 radical (unpaired) electrons. The second-order valence-electron chi connectivity index (χ2n) is 6.37. The molecule has 1 aromatic heterocycles. The lowest BCUT2D eigenvalue weighted by Crippen LogP contribution is -2.42. The van der Waals surface area contributed by atoms with Crippen LogP contribution in [0.3, 0.4) is 0 Å². The van der Waals surface area contributed by atoms with Crippen LogP contribution >= 0.6 is 0 Å². The highest BCUT2D eigenvalue weighted by Gasteiger charge is 2.18. The second kappa shape index (κ2) is 7.96. The number of nitrogens with zero attached hydrogens (tertiary/aromatic N) is 2. The number of carbonyl (C=O) groups is 2. The van der Waals surface area contributed by atoms with Crippen molar-refractivity contribution in [3.8, 4) is 5.69 Å². The normalized spacial score (nSPS) is 10.6. The largest absolute Gasteiger partial charge is 0.290 e. The molecule has 7 nitrogen and oxygen atoms in total. The summed E-state index contributed by atoms with van der Waals surface area (Å²) in [6.07, 6.45) is 0. The van der Waals surface area contributed by atoms with Gasteiger partial charge >= 0.3 is 0 Å². The smallest absolute Gasteiger partial charge is 0.267 e. The first-order valence-electron chi connectivity index (χ1n) is 8.98. The molecule has 0 aliphatic carbocycles. The Morgan fingerprint density at radius 3 is 2.20 bits per heavy atom. The Bertz CT molecular complexity index is 1320. The predicted molar refractivity (Wildman–Crippen MR) is 109 cm³/mol. The summed E-state index contributed by atoms with van der Waals surface area (Å²) < 4.78 is 14.4. The number of nitrogens with one attached hydrogen (secondary N) is 2. The zero-order valence-electron chi connectivity index (χ0n) is 15.5. The zero-order valence-corrected chi connectivity index (χ0v) is 15.5. The monoisotopic (exact) mass is 402 g/mol. The van der Waals surface area contributed by atoms with Crippen molar-refractivity contribution >= 4 is 22.6 Å². The van der Waals surface area contributed by atoms with E-state index in [1.165, 1.54) is 18.2 Å². The van der Waals surface area contributed by atoms with Crippen molar-refractivity contribution in [2.45, 2.75) is 0 Å². The van der Waals surface area contributed by atoms with Crippen LogP contribution in [0.4, 0.5) is 4.39 Å². The third kappa shape index (κ3) is 3.66. The first kappa shape index (κ1) is 19.0. The van der Waals surface area contributed by atoms with Gasteiger partial charge in [-0.1, -0.05) is 42.5 Å². The minimum absolute atomic E-state index is 0.0439. The fraction of sp³-hybridized carbons (Fsp3) is 0. The van der Waals surface area contributed by atoms with Gasteiger partial charge in [0.15, 0.2) is 5.69 Å². The molecule has 0 fully saturated rings. The van der Waals surface area contributed by atoms with Gasteiger partial charge in [0.05, 0.1) is 11.1 Å². The van der Waals surface area contributed by atoms with Crippen LogP contribution in [0.5, 0.6) is 0 Å². The summed E-state index contributed by atoms with van der Waals surface area (Å²) in [4.78, 5) is 37.8. The molecular weight excluding hydrogens is 387 g/mol. The Balaban J connectivity index is 1.69. The lowest BCUT2D eigenvalue weighted by molar-refractivity contribution is 0.0844. The molecule has 0 atom stereocenters. The van der Waals surface area contributed by atoms with Gasteiger partial charge in [-0.05, 0) is 36.4 Å². The van der Waals surface area contributed by atoms with Gasteiger partial charge in [0.2, 0.25) is 0 Å². The van der Waals surface area contributed by atoms with Gasteiger partial charge in [-0.25, -0.2) is 4.39 Å². The van der Waals surface area contributed by atoms with Crippen LogP contribution in [0.15, 0.2) is 83.7 Å². The molecule has 0 bridgehead atoms. The van der Waals surface area contributed by atoms with Crippen molar-refractivity contribution in [2.75, 3.05) is 0 Å². The maximum Gasteiger partial charge on any atom is 0.290 e. The molecule has 0 saturated heterocycles. The molecule has 4 aromatic rings. The fourth-order valence-corrected chi connectivity index (χ4v) is 2.98. The number of benzene rings is 3. The van der Waals surface area contributed by atoms with E-state index in [-0.39, 0.29) is 16.8 Å². The van der Waals surface area contributed by atoms with Crippen LogP contribution in [-0.4, -0.2) is 21.6 Å². The molecule has 0 spiro atoms. The Labute approximate surface area is 169 Å². The number of hydrogen-bond donors (Lipinski definition) is 2. The number of halogens is 1. The maximum absolute atomic E-state index is 13.3. The third-order valence-corrected chi connectivity index (χ3v) is 4.40. The van der Waals surface area contributed by atoms with E-state index in [2.05, 4.69) is 16.0 Å². The van der Waals surface area contributed by atoms with Crippen LogP contribution < -0.4 is 16.4 Å². The average molecular weight is 402 g/mol. The number of para-hydroxylation sites is 1. The maximum atomic E-state index is 13.3. The summed E-state index contributed by atoms with van der Waals surface area (Å²) in [7, 11) is 0. The molecule has 0 saturated carbocycles. The molecule has 2 N–H and O–H groups in total. The Morgan fingerprint density at radius 2 is 1.47 bits per heavy atom. The lowest BCUT2D eigenvalue weighted by atomic mass is 10.1. The fourth-order valence-electron chi connectivity index (χ4n) is 2.98. The topological polar surface area (TPSA) is 93.1 Å². The van der Waals surface area contributed by atoms with E-state index < -0.39 is 17.6 Å². The summed E-state index contributed by atoms with van der Waals surface area (Å²) in [5, 5.41) is 4.86. The molecule has 8 heteroatoms. The van der Waals surface area contributed by atoms with E-state index in [9.17, 15) is 18.8 Å². The molecule has 148 valence electrons. The molecule has 1 heterocycles. The Kier molecular flexibility index (Phi) is 5.04. The van der Waals surface area contributed by atoms with Crippen LogP contribution in [0.1, 0.15) is 20.8 Å². The number of aromatic nitrogens is 2. The highest BCUT2D eigenvalue weighted by atomic mass is 19.1.